The first-order chi connectivity index (χ1) is 17.2. The molecule has 0 amide bonds. The Morgan fingerprint density at radius 3 is 2.61 bits per heavy atom. The molecule has 1 aromatic heterocycles. The van der Waals surface area contributed by atoms with Gasteiger partial charge in [-0.3, -0.25) is 0 Å². The molecule has 5 nitrogen and oxygen atoms in total. The Balaban J connectivity index is 1.30. The summed E-state index contributed by atoms with van der Waals surface area (Å²) in [6.45, 7) is 1.47. The molecule has 1 aliphatic heterocycles. The number of alkyl halides is 3. The van der Waals surface area contributed by atoms with Crippen molar-refractivity contribution in [1.29, 1.82) is 0 Å². The number of aromatic nitrogens is 1. The van der Waals surface area contributed by atoms with Gasteiger partial charge < -0.3 is 20.4 Å². The average Bonchev–Trinajstić information content (AvgIpc) is 3.37. The third-order valence-electron chi connectivity index (χ3n) is 7.39. The first kappa shape index (κ1) is 24.8. The van der Waals surface area contributed by atoms with Gasteiger partial charge in [0.2, 0.25) is 5.89 Å². The highest BCUT2D eigenvalue weighted by atomic mass is 19.4. The van der Waals surface area contributed by atoms with Crippen LogP contribution >= 0.6 is 0 Å². The van der Waals surface area contributed by atoms with E-state index in [4.69, 9.17) is 10.2 Å². The van der Waals surface area contributed by atoms with Crippen molar-refractivity contribution in [3.8, 4) is 11.3 Å². The second-order valence-corrected chi connectivity index (χ2v) is 9.88. The maximum atomic E-state index is 13.7. The van der Waals surface area contributed by atoms with Gasteiger partial charge in [-0.15, -0.1) is 0 Å². The highest BCUT2D eigenvalue weighted by Gasteiger charge is 2.44. The fourth-order valence-electron chi connectivity index (χ4n) is 5.44. The van der Waals surface area contributed by atoms with E-state index in [9.17, 15) is 17.6 Å². The maximum Gasteiger partial charge on any atom is 0.416 e. The summed E-state index contributed by atoms with van der Waals surface area (Å²) in [5.41, 5.74) is 6.90. The molecule has 2 fully saturated rings. The summed E-state index contributed by atoms with van der Waals surface area (Å²) >= 11 is 0. The van der Waals surface area contributed by atoms with Crippen LogP contribution in [-0.4, -0.2) is 30.2 Å². The van der Waals surface area contributed by atoms with E-state index in [0.717, 1.165) is 56.5 Å². The van der Waals surface area contributed by atoms with E-state index in [0.29, 0.717) is 30.2 Å². The number of nitrogens with zero attached hydrogens (tertiary/aromatic N) is 2. The molecule has 2 heterocycles. The highest BCUT2D eigenvalue weighted by Crippen LogP contribution is 2.37. The van der Waals surface area contributed by atoms with Crippen molar-refractivity contribution in [2.75, 3.05) is 18.0 Å². The molecule has 3 aromatic rings. The summed E-state index contributed by atoms with van der Waals surface area (Å²) in [6, 6.07) is 11.6. The zero-order valence-electron chi connectivity index (χ0n) is 19.9. The molecule has 2 aromatic carbocycles. The predicted molar refractivity (Wildman–Crippen MR) is 130 cm³/mol. The highest BCUT2D eigenvalue weighted by molar-refractivity contribution is 5.56. The van der Waals surface area contributed by atoms with E-state index in [1.807, 2.05) is 0 Å². The molecule has 1 aliphatic carbocycles. The van der Waals surface area contributed by atoms with Crippen molar-refractivity contribution in [2.24, 2.45) is 5.73 Å². The third-order valence-corrected chi connectivity index (χ3v) is 7.39. The Kier molecular flexibility index (Phi) is 6.78. The van der Waals surface area contributed by atoms with Crippen molar-refractivity contribution in [3.05, 3.63) is 72.0 Å². The van der Waals surface area contributed by atoms with Gasteiger partial charge in [-0.25, -0.2) is 9.37 Å². The van der Waals surface area contributed by atoms with Crippen molar-refractivity contribution in [1.82, 2.24) is 10.3 Å². The first-order valence-electron chi connectivity index (χ1n) is 12.4. The van der Waals surface area contributed by atoms with Crippen LogP contribution in [-0.2, 0) is 11.7 Å². The molecular formula is C27H30F4N4O. The fraction of sp³-hybridized carbons (Fsp3) is 0.444. The third kappa shape index (κ3) is 5.13. The zero-order chi connectivity index (χ0) is 25.3. The maximum absolute atomic E-state index is 13.7. The van der Waals surface area contributed by atoms with E-state index < -0.39 is 17.3 Å². The van der Waals surface area contributed by atoms with Gasteiger partial charge in [-0.2, -0.15) is 13.2 Å². The Labute approximate surface area is 207 Å². The summed E-state index contributed by atoms with van der Waals surface area (Å²) < 4.78 is 58.6. The smallest absolute Gasteiger partial charge is 0.416 e. The number of halogens is 4. The zero-order valence-corrected chi connectivity index (χ0v) is 19.9. The Morgan fingerprint density at radius 2 is 1.86 bits per heavy atom. The molecule has 2 aliphatic rings. The van der Waals surface area contributed by atoms with Crippen molar-refractivity contribution >= 4 is 5.69 Å². The molecule has 5 rings (SSSR count). The molecule has 0 bridgehead atoms. The van der Waals surface area contributed by atoms with Gasteiger partial charge >= 0.3 is 6.18 Å². The molecule has 3 atom stereocenters. The number of nitrogens with one attached hydrogen (secondary N) is 1. The summed E-state index contributed by atoms with van der Waals surface area (Å²) in [4.78, 5) is 6.62. The van der Waals surface area contributed by atoms with Crippen molar-refractivity contribution in [3.63, 3.8) is 0 Å². The quantitative estimate of drug-likeness (QED) is 0.428. The number of benzene rings is 2. The number of hydrogen-bond donors (Lipinski definition) is 2. The molecular weight excluding hydrogens is 472 g/mol. The molecule has 192 valence electrons. The van der Waals surface area contributed by atoms with Crippen LogP contribution in [0.2, 0.25) is 0 Å². The predicted octanol–water partition coefficient (Wildman–Crippen LogP) is 5.85. The SMILES string of the molecule is NC1(c2ncc(-c3cccc(F)c3)o2)CCCCC1NC1CCCN(c2ccc(C(F)(F)F)cc2)C1. The largest absolute Gasteiger partial charge is 0.439 e. The van der Waals surface area contributed by atoms with Crippen LogP contribution in [0.15, 0.2) is 59.1 Å². The van der Waals surface area contributed by atoms with Gasteiger partial charge in [0, 0.05) is 36.4 Å². The lowest BCUT2D eigenvalue weighted by Gasteiger charge is -2.43. The molecule has 3 unspecified atom stereocenters. The number of oxazole rings is 1. The number of piperidine rings is 1. The van der Waals surface area contributed by atoms with Crippen LogP contribution in [0.25, 0.3) is 11.3 Å². The lowest BCUT2D eigenvalue weighted by molar-refractivity contribution is -0.137. The molecule has 9 heteroatoms. The van der Waals surface area contributed by atoms with E-state index in [2.05, 4.69) is 15.2 Å². The van der Waals surface area contributed by atoms with E-state index in [1.165, 1.54) is 12.1 Å². The van der Waals surface area contributed by atoms with Gasteiger partial charge in [-0.1, -0.05) is 25.0 Å². The summed E-state index contributed by atoms with van der Waals surface area (Å²) in [5.74, 6) is 0.569. The monoisotopic (exact) mass is 502 g/mol. The lowest BCUT2D eigenvalue weighted by Crippen LogP contribution is -2.61. The van der Waals surface area contributed by atoms with E-state index in [1.54, 1.807) is 30.5 Å². The van der Waals surface area contributed by atoms with Gasteiger partial charge in [0.25, 0.3) is 0 Å². The molecule has 0 spiro atoms. The molecule has 0 radical (unpaired) electrons. The van der Waals surface area contributed by atoms with Crippen molar-refractivity contribution < 1.29 is 22.0 Å². The van der Waals surface area contributed by atoms with Crippen molar-refractivity contribution in [2.45, 2.75) is 62.3 Å². The average molecular weight is 503 g/mol. The van der Waals surface area contributed by atoms with Crippen LogP contribution in [0, 0.1) is 5.82 Å². The minimum atomic E-state index is -4.34. The molecule has 3 N–H and O–H groups in total. The number of hydrogen-bond acceptors (Lipinski definition) is 5. The molecule has 1 saturated heterocycles. The van der Waals surface area contributed by atoms with Gasteiger partial charge in [-0.05, 0) is 62.1 Å². The van der Waals surface area contributed by atoms with E-state index in [-0.39, 0.29) is 17.9 Å². The second kappa shape index (κ2) is 9.86. The van der Waals surface area contributed by atoms with Crippen LogP contribution in [0.4, 0.5) is 23.2 Å². The molecule has 1 saturated carbocycles. The topological polar surface area (TPSA) is 67.3 Å². The first-order valence-corrected chi connectivity index (χ1v) is 12.4. The van der Waals surface area contributed by atoms with Gasteiger partial charge in [0.15, 0.2) is 5.76 Å². The van der Waals surface area contributed by atoms with E-state index >= 15 is 0 Å². The standard InChI is InChI=1S/C27H30F4N4O/c28-20-6-3-5-18(15-20)23-16-33-25(36-23)26(32)13-2-1-8-24(26)34-21-7-4-14-35(17-21)22-11-9-19(10-12-22)27(29,30)31/h3,5-6,9-12,15-16,21,24,34H,1-2,4,7-8,13-14,17,32H2. The fourth-order valence-corrected chi connectivity index (χ4v) is 5.44. The van der Waals surface area contributed by atoms with Crippen LogP contribution < -0.4 is 16.0 Å². The summed E-state index contributed by atoms with van der Waals surface area (Å²) in [6.07, 6.45) is 2.68. The van der Waals surface area contributed by atoms with Crippen LogP contribution in [0.1, 0.15) is 50.0 Å². The normalized spacial score (nSPS) is 25.2. The van der Waals surface area contributed by atoms with Crippen LogP contribution in [0.5, 0.6) is 0 Å². The molecule has 36 heavy (non-hydrogen) atoms. The number of nitrogens with two attached hydrogens (primary N) is 1. The minimum Gasteiger partial charge on any atom is -0.439 e. The second-order valence-electron chi connectivity index (χ2n) is 9.88. The van der Waals surface area contributed by atoms with Gasteiger partial charge in [0.1, 0.15) is 11.4 Å². The minimum absolute atomic E-state index is 0.0668. The summed E-state index contributed by atoms with van der Waals surface area (Å²) in [7, 11) is 0. The summed E-state index contributed by atoms with van der Waals surface area (Å²) in [5, 5.41) is 3.73. The number of anilines is 1. The Morgan fingerprint density at radius 1 is 1.06 bits per heavy atom. The Bertz CT molecular complexity index is 1180. The number of rotatable bonds is 5. The van der Waals surface area contributed by atoms with Gasteiger partial charge in [0.05, 0.1) is 11.8 Å². The van der Waals surface area contributed by atoms with Crippen LogP contribution in [0.3, 0.4) is 0 Å². The Hall–Kier alpha value is -2.91. The lowest BCUT2D eigenvalue weighted by atomic mass is 9.77.